The van der Waals surface area contributed by atoms with Gasteiger partial charge in [-0.3, -0.25) is 14.5 Å². The lowest BCUT2D eigenvalue weighted by atomic mass is 9.94. The standard InChI is InChI=1S/C37H33N3O4S2/c1-4-25-12-14-28(15-13-25)32-31(33(41)29-16-18-30(19-17-29)44-21-27-7-5-6-24(3)20-27)34(42)35(43)40(32)36-38-39-37(46-36)45-22-26-10-8-23(2)9-11-26/h5-20,32,41H,4,21-22H2,1-3H3/b33-31+. The van der Waals surface area contributed by atoms with Crippen LogP contribution in [0.2, 0.25) is 0 Å². The van der Waals surface area contributed by atoms with Gasteiger partial charge in [0.2, 0.25) is 5.13 Å². The van der Waals surface area contributed by atoms with Crippen molar-refractivity contribution in [3.8, 4) is 5.75 Å². The van der Waals surface area contributed by atoms with Crippen molar-refractivity contribution in [3.63, 3.8) is 0 Å². The second kappa shape index (κ2) is 13.7. The summed E-state index contributed by atoms with van der Waals surface area (Å²) in [6, 6.07) is 30.1. The smallest absolute Gasteiger partial charge is 0.301 e. The maximum atomic E-state index is 13.6. The van der Waals surface area contributed by atoms with E-state index in [9.17, 15) is 14.7 Å². The van der Waals surface area contributed by atoms with Crippen LogP contribution in [0.1, 0.15) is 51.9 Å². The van der Waals surface area contributed by atoms with Crippen molar-refractivity contribution in [2.45, 2.75) is 49.9 Å². The van der Waals surface area contributed by atoms with E-state index in [1.165, 1.54) is 33.6 Å². The number of rotatable bonds is 10. The van der Waals surface area contributed by atoms with E-state index < -0.39 is 17.7 Å². The number of hydrogen-bond acceptors (Lipinski definition) is 8. The molecule has 0 aliphatic carbocycles. The Bertz CT molecular complexity index is 1900. The summed E-state index contributed by atoms with van der Waals surface area (Å²) >= 11 is 2.77. The molecule has 7 nitrogen and oxygen atoms in total. The van der Waals surface area contributed by atoms with Crippen LogP contribution in [0.3, 0.4) is 0 Å². The van der Waals surface area contributed by atoms with Crippen LogP contribution in [0.4, 0.5) is 5.13 Å². The number of aliphatic hydroxyl groups excluding tert-OH is 1. The van der Waals surface area contributed by atoms with E-state index in [0.717, 1.165) is 28.7 Å². The summed E-state index contributed by atoms with van der Waals surface area (Å²) in [5.41, 5.74) is 6.77. The highest BCUT2D eigenvalue weighted by molar-refractivity contribution is 8.00. The number of carbonyl (C=O) groups excluding carboxylic acids is 2. The molecule has 1 aliphatic rings. The second-order valence-corrected chi connectivity index (χ2v) is 13.4. The molecule has 1 atom stereocenters. The summed E-state index contributed by atoms with van der Waals surface area (Å²) in [7, 11) is 0. The van der Waals surface area contributed by atoms with Gasteiger partial charge >= 0.3 is 5.91 Å². The molecular weight excluding hydrogens is 615 g/mol. The minimum absolute atomic E-state index is 0.00624. The van der Waals surface area contributed by atoms with Crippen LogP contribution in [0.25, 0.3) is 5.76 Å². The minimum atomic E-state index is -0.869. The Morgan fingerprint density at radius 3 is 2.28 bits per heavy atom. The molecule has 1 amide bonds. The average molecular weight is 648 g/mol. The molecule has 232 valence electrons. The van der Waals surface area contributed by atoms with Crippen LogP contribution >= 0.6 is 23.1 Å². The summed E-state index contributed by atoms with van der Waals surface area (Å²) in [4.78, 5) is 28.6. The number of nitrogens with zero attached hydrogens (tertiary/aromatic N) is 3. The zero-order valence-electron chi connectivity index (χ0n) is 25.8. The van der Waals surface area contributed by atoms with E-state index in [0.29, 0.717) is 38.7 Å². The number of Topliss-reactive ketones (excluding diaryl/α,β-unsaturated/α-hetero) is 1. The number of thioether (sulfide) groups is 1. The van der Waals surface area contributed by atoms with Gasteiger partial charge in [0, 0.05) is 11.3 Å². The SMILES string of the molecule is CCc1ccc(C2/C(=C(\O)c3ccc(OCc4cccc(C)c4)cc3)C(=O)C(=O)N2c2nnc(SCc3ccc(C)cc3)s2)cc1. The fourth-order valence-electron chi connectivity index (χ4n) is 5.30. The van der Waals surface area contributed by atoms with E-state index in [1.807, 2.05) is 56.3 Å². The molecule has 1 aromatic heterocycles. The van der Waals surface area contributed by atoms with Gasteiger partial charge in [-0.15, -0.1) is 10.2 Å². The maximum absolute atomic E-state index is 13.6. The van der Waals surface area contributed by atoms with E-state index >= 15 is 0 Å². The summed E-state index contributed by atoms with van der Waals surface area (Å²) < 4.78 is 6.62. The second-order valence-electron chi connectivity index (χ2n) is 11.2. The van der Waals surface area contributed by atoms with Crippen molar-refractivity contribution in [3.05, 3.63) is 142 Å². The molecule has 4 aromatic carbocycles. The predicted octanol–water partition coefficient (Wildman–Crippen LogP) is 8.21. The first-order valence-corrected chi connectivity index (χ1v) is 16.8. The number of aromatic nitrogens is 2. The molecule has 9 heteroatoms. The van der Waals surface area contributed by atoms with E-state index in [4.69, 9.17) is 4.74 Å². The topological polar surface area (TPSA) is 92.6 Å². The number of ether oxygens (including phenoxy) is 1. The zero-order chi connectivity index (χ0) is 32.2. The molecule has 0 spiro atoms. The van der Waals surface area contributed by atoms with E-state index in [1.54, 1.807) is 24.3 Å². The van der Waals surface area contributed by atoms with Crippen molar-refractivity contribution in [2.75, 3.05) is 4.90 Å². The van der Waals surface area contributed by atoms with Gasteiger partial charge in [-0.25, -0.2) is 0 Å². The Morgan fingerprint density at radius 2 is 1.59 bits per heavy atom. The number of hydrogen-bond donors (Lipinski definition) is 1. The lowest BCUT2D eigenvalue weighted by Crippen LogP contribution is -2.29. The third kappa shape index (κ3) is 6.76. The lowest BCUT2D eigenvalue weighted by Gasteiger charge is -2.22. The molecule has 0 radical (unpaired) electrons. The highest BCUT2D eigenvalue weighted by Crippen LogP contribution is 2.44. The predicted molar refractivity (Wildman–Crippen MR) is 183 cm³/mol. The molecule has 1 aliphatic heterocycles. The largest absolute Gasteiger partial charge is 0.507 e. The molecule has 1 N–H and O–H groups in total. The Labute approximate surface area is 276 Å². The molecule has 0 bridgehead atoms. The fraction of sp³-hybridized carbons (Fsp3) is 0.189. The van der Waals surface area contributed by atoms with Gasteiger partial charge in [-0.2, -0.15) is 0 Å². The first-order chi connectivity index (χ1) is 22.3. The monoisotopic (exact) mass is 647 g/mol. The maximum Gasteiger partial charge on any atom is 0.301 e. The van der Waals surface area contributed by atoms with Crippen LogP contribution in [-0.4, -0.2) is 27.0 Å². The number of aryl methyl sites for hydroxylation is 3. The van der Waals surface area contributed by atoms with Crippen LogP contribution in [0, 0.1) is 13.8 Å². The highest BCUT2D eigenvalue weighted by atomic mass is 32.2. The van der Waals surface area contributed by atoms with Gasteiger partial charge in [0.15, 0.2) is 4.34 Å². The van der Waals surface area contributed by atoms with Gasteiger partial charge in [0.1, 0.15) is 18.1 Å². The zero-order valence-corrected chi connectivity index (χ0v) is 27.4. The summed E-state index contributed by atoms with van der Waals surface area (Å²) in [6.45, 7) is 6.55. The van der Waals surface area contributed by atoms with Crippen LogP contribution in [0.15, 0.2) is 107 Å². The minimum Gasteiger partial charge on any atom is -0.507 e. The molecule has 0 saturated carbocycles. The Hall–Kier alpha value is -4.73. The average Bonchev–Trinajstić information content (AvgIpc) is 3.65. The quantitative estimate of drug-likeness (QED) is 0.0537. The Balaban J connectivity index is 1.30. The molecule has 5 aromatic rings. The molecule has 1 unspecified atom stereocenters. The van der Waals surface area contributed by atoms with Gasteiger partial charge in [-0.1, -0.05) is 114 Å². The third-order valence-corrected chi connectivity index (χ3v) is 9.98. The molecule has 46 heavy (non-hydrogen) atoms. The van der Waals surface area contributed by atoms with Crippen molar-refractivity contribution >= 4 is 45.7 Å². The van der Waals surface area contributed by atoms with Crippen molar-refractivity contribution < 1.29 is 19.4 Å². The van der Waals surface area contributed by atoms with Crippen LogP contribution in [-0.2, 0) is 28.4 Å². The van der Waals surface area contributed by atoms with Crippen LogP contribution < -0.4 is 9.64 Å². The summed E-state index contributed by atoms with van der Waals surface area (Å²) in [5, 5.41) is 20.5. The van der Waals surface area contributed by atoms with E-state index in [-0.39, 0.29) is 11.3 Å². The first-order valence-electron chi connectivity index (χ1n) is 15.0. The van der Waals surface area contributed by atoms with Gasteiger partial charge in [0.25, 0.3) is 5.78 Å². The molecular formula is C37H33N3O4S2. The number of amides is 1. The number of aliphatic hydroxyl groups is 1. The van der Waals surface area contributed by atoms with Crippen LogP contribution in [0.5, 0.6) is 5.75 Å². The normalized spacial score (nSPS) is 15.8. The third-order valence-electron chi connectivity index (χ3n) is 7.85. The van der Waals surface area contributed by atoms with Crippen molar-refractivity contribution in [1.82, 2.24) is 10.2 Å². The van der Waals surface area contributed by atoms with Crippen molar-refractivity contribution in [2.24, 2.45) is 0 Å². The molecule has 2 heterocycles. The lowest BCUT2D eigenvalue weighted by molar-refractivity contribution is -0.132. The summed E-state index contributed by atoms with van der Waals surface area (Å²) in [6.07, 6.45) is 0.844. The molecule has 1 saturated heterocycles. The number of ketones is 1. The number of carbonyl (C=O) groups is 2. The van der Waals surface area contributed by atoms with Crippen molar-refractivity contribution in [1.29, 1.82) is 0 Å². The Kier molecular flexibility index (Phi) is 9.33. The van der Waals surface area contributed by atoms with E-state index in [2.05, 4.69) is 47.5 Å². The summed E-state index contributed by atoms with van der Waals surface area (Å²) in [5.74, 6) is -0.467. The number of benzene rings is 4. The fourth-order valence-corrected chi connectivity index (χ4v) is 7.12. The van der Waals surface area contributed by atoms with Gasteiger partial charge < -0.3 is 9.84 Å². The highest BCUT2D eigenvalue weighted by Gasteiger charge is 2.48. The van der Waals surface area contributed by atoms with Gasteiger partial charge in [0.05, 0.1) is 11.6 Å². The Morgan fingerprint density at radius 1 is 0.870 bits per heavy atom. The van der Waals surface area contributed by atoms with Gasteiger partial charge in [-0.05, 0) is 66.8 Å². The number of anilines is 1. The first kappa shape index (κ1) is 31.3. The molecule has 1 fully saturated rings. The molecule has 6 rings (SSSR count).